The number of methoxy groups -OCH3 is 1. The number of epoxide rings is 2. The van der Waals surface area contributed by atoms with Crippen molar-refractivity contribution in [2.75, 3.05) is 39.9 Å². The molecule has 7 nitrogen and oxygen atoms in total. The first-order valence-electron chi connectivity index (χ1n) is 13.4. The molecule has 3 saturated heterocycles. The second kappa shape index (κ2) is 9.72. The molecule has 4 aliphatic rings. The summed E-state index contributed by atoms with van der Waals surface area (Å²) in [6, 6.07) is 0. The molecule has 1 N–H and O–H groups in total. The van der Waals surface area contributed by atoms with E-state index < -0.39 is 11.6 Å². The summed E-state index contributed by atoms with van der Waals surface area (Å²) in [6.45, 7) is 15.1. The van der Waals surface area contributed by atoms with Crippen molar-refractivity contribution in [3.8, 4) is 0 Å². The third kappa shape index (κ3) is 4.42. The van der Waals surface area contributed by atoms with Crippen LogP contribution in [-0.2, 0) is 14.2 Å². The van der Waals surface area contributed by atoms with E-state index in [9.17, 15) is 9.90 Å². The standard InChI is InChI=1S/C27H46N2O5/c1-7-28(8-2)17-15-26(13-9-16-29(26)24(30)31)20-12-14-27(18-33-27)23(22(20)32-6)25(5)21(34-25)11-10-19(3)4/h10,20-23H,7-9,11-18H2,1-6H3,(H,30,31)/t20-,21+,22-,23+,25-,26+,27-/m0/s1. The van der Waals surface area contributed by atoms with E-state index in [-0.39, 0.29) is 35.2 Å². The number of rotatable bonds is 10. The van der Waals surface area contributed by atoms with Crippen LogP contribution in [0.3, 0.4) is 0 Å². The Kier molecular flexibility index (Phi) is 7.41. The lowest BCUT2D eigenvalue weighted by atomic mass is 9.59. The van der Waals surface area contributed by atoms with Gasteiger partial charge in [0.2, 0.25) is 0 Å². The molecule has 3 heterocycles. The van der Waals surface area contributed by atoms with Crippen LogP contribution in [0.5, 0.6) is 0 Å². The van der Waals surface area contributed by atoms with Crippen molar-refractivity contribution in [3.63, 3.8) is 0 Å². The Hall–Kier alpha value is -1.15. The van der Waals surface area contributed by atoms with Gasteiger partial charge in [0.1, 0.15) is 5.60 Å². The first kappa shape index (κ1) is 25.9. The van der Waals surface area contributed by atoms with Gasteiger partial charge in [0.05, 0.1) is 30.0 Å². The van der Waals surface area contributed by atoms with Crippen molar-refractivity contribution in [2.45, 2.75) is 102 Å². The summed E-state index contributed by atoms with van der Waals surface area (Å²) in [5, 5.41) is 10.3. The van der Waals surface area contributed by atoms with E-state index in [1.807, 2.05) is 0 Å². The number of hydrogen-bond acceptors (Lipinski definition) is 5. The number of hydrogen-bond donors (Lipinski definition) is 1. The quantitative estimate of drug-likeness (QED) is 0.366. The summed E-state index contributed by atoms with van der Waals surface area (Å²) in [6.07, 6.45) is 7.01. The Balaban J connectivity index is 1.66. The van der Waals surface area contributed by atoms with Crippen LogP contribution in [0.2, 0.25) is 0 Å². The van der Waals surface area contributed by atoms with Gasteiger partial charge in [0, 0.05) is 32.0 Å². The fourth-order valence-electron chi connectivity index (χ4n) is 7.47. The van der Waals surface area contributed by atoms with Crippen LogP contribution in [0.4, 0.5) is 4.79 Å². The van der Waals surface area contributed by atoms with Crippen molar-refractivity contribution < 1.29 is 24.1 Å². The zero-order chi connectivity index (χ0) is 24.7. The minimum Gasteiger partial charge on any atom is -0.465 e. The van der Waals surface area contributed by atoms with Gasteiger partial charge in [-0.1, -0.05) is 25.5 Å². The van der Waals surface area contributed by atoms with Gasteiger partial charge < -0.3 is 29.1 Å². The molecule has 0 unspecified atom stereocenters. The molecule has 194 valence electrons. The summed E-state index contributed by atoms with van der Waals surface area (Å²) in [7, 11) is 1.81. The van der Waals surface area contributed by atoms with E-state index in [4.69, 9.17) is 14.2 Å². The lowest BCUT2D eigenvalue weighted by Gasteiger charge is -2.53. The predicted molar refractivity (Wildman–Crippen MR) is 132 cm³/mol. The first-order valence-corrected chi connectivity index (χ1v) is 13.4. The van der Waals surface area contributed by atoms with Crippen molar-refractivity contribution >= 4 is 6.09 Å². The maximum atomic E-state index is 12.5. The molecule has 0 aromatic heterocycles. The molecule has 1 aliphatic carbocycles. The summed E-state index contributed by atoms with van der Waals surface area (Å²) < 4.78 is 18.9. The van der Waals surface area contributed by atoms with E-state index in [1.165, 1.54) is 5.57 Å². The maximum absolute atomic E-state index is 12.5. The Labute approximate surface area is 205 Å². The van der Waals surface area contributed by atoms with Gasteiger partial charge >= 0.3 is 6.09 Å². The Morgan fingerprint density at radius 3 is 2.53 bits per heavy atom. The van der Waals surface area contributed by atoms with Crippen molar-refractivity contribution in [1.29, 1.82) is 0 Å². The van der Waals surface area contributed by atoms with Crippen molar-refractivity contribution in [1.82, 2.24) is 9.80 Å². The Morgan fingerprint density at radius 2 is 1.97 bits per heavy atom. The zero-order valence-corrected chi connectivity index (χ0v) is 22.1. The average Bonchev–Trinajstić information content (AvgIpc) is 3.66. The SMILES string of the molecule is CCN(CC)CC[C@@]1([C@H]2CC[C@]3(CO3)[C@@H]([C@@]3(C)O[C@@H]3CC=C(C)C)[C@H]2OC)CCCN1C(=O)O. The van der Waals surface area contributed by atoms with E-state index in [2.05, 4.69) is 45.6 Å². The fourth-order valence-corrected chi connectivity index (χ4v) is 7.47. The molecule has 1 spiro atoms. The molecule has 0 bridgehead atoms. The third-order valence-corrected chi connectivity index (χ3v) is 9.50. The van der Waals surface area contributed by atoms with Crippen LogP contribution >= 0.6 is 0 Å². The van der Waals surface area contributed by atoms with Crippen LogP contribution in [0.1, 0.15) is 73.1 Å². The third-order valence-electron chi connectivity index (χ3n) is 9.50. The van der Waals surface area contributed by atoms with Gasteiger partial charge in [0.15, 0.2) is 0 Å². The molecule has 0 aromatic rings. The molecule has 4 rings (SSSR count). The molecule has 34 heavy (non-hydrogen) atoms. The second-order valence-corrected chi connectivity index (χ2v) is 11.4. The van der Waals surface area contributed by atoms with Gasteiger partial charge in [-0.25, -0.2) is 4.79 Å². The van der Waals surface area contributed by atoms with Crippen LogP contribution in [0.15, 0.2) is 11.6 Å². The number of amides is 1. The molecule has 4 fully saturated rings. The number of carbonyl (C=O) groups is 1. The largest absolute Gasteiger partial charge is 0.465 e. The van der Waals surface area contributed by atoms with E-state index in [0.29, 0.717) is 6.54 Å². The summed E-state index contributed by atoms with van der Waals surface area (Å²) in [4.78, 5) is 16.7. The molecular formula is C27H46N2O5. The number of nitrogens with zero attached hydrogens (tertiary/aromatic N) is 2. The summed E-state index contributed by atoms with van der Waals surface area (Å²) in [5.74, 6) is 0.248. The molecule has 0 aromatic carbocycles. The molecule has 7 atom stereocenters. The number of allylic oxidation sites excluding steroid dienone is 1. The van der Waals surface area contributed by atoms with E-state index in [0.717, 1.165) is 64.8 Å². The molecule has 1 amide bonds. The highest BCUT2D eigenvalue weighted by Gasteiger charge is 2.73. The minimum absolute atomic E-state index is 0.0883. The number of ether oxygens (including phenoxy) is 3. The average molecular weight is 479 g/mol. The molecule has 1 saturated carbocycles. The van der Waals surface area contributed by atoms with Gasteiger partial charge in [0.25, 0.3) is 0 Å². The van der Waals surface area contributed by atoms with Crippen molar-refractivity contribution in [2.24, 2.45) is 11.8 Å². The van der Waals surface area contributed by atoms with Gasteiger partial charge in [-0.2, -0.15) is 0 Å². The maximum Gasteiger partial charge on any atom is 0.407 e. The highest BCUT2D eigenvalue weighted by atomic mass is 16.6. The number of likely N-dealkylation sites (tertiary alicyclic amines) is 1. The van der Waals surface area contributed by atoms with Crippen LogP contribution < -0.4 is 0 Å². The highest BCUT2D eigenvalue weighted by molar-refractivity contribution is 5.67. The van der Waals surface area contributed by atoms with Crippen LogP contribution in [0, 0.1) is 11.8 Å². The first-order chi connectivity index (χ1) is 16.2. The zero-order valence-electron chi connectivity index (χ0n) is 22.1. The Bertz CT molecular complexity index is 775. The van der Waals surface area contributed by atoms with Crippen molar-refractivity contribution in [3.05, 3.63) is 11.6 Å². The summed E-state index contributed by atoms with van der Waals surface area (Å²) >= 11 is 0. The fraction of sp³-hybridized carbons (Fsp3) is 0.889. The lowest BCUT2D eigenvalue weighted by molar-refractivity contribution is -0.122. The van der Waals surface area contributed by atoms with E-state index >= 15 is 0 Å². The van der Waals surface area contributed by atoms with Gasteiger partial charge in [-0.15, -0.1) is 0 Å². The predicted octanol–water partition coefficient (Wildman–Crippen LogP) is 4.55. The molecule has 7 heteroatoms. The molecule has 3 aliphatic heterocycles. The van der Waals surface area contributed by atoms with Gasteiger partial charge in [-0.3, -0.25) is 0 Å². The van der Waals surface area contributed by atoms with Gasteiger partial charge in [-0.05, 0) is 72.4 Å². The lowest BCUT2D eigenvalue weighted by Crippen LogP contribution is -2.63. The van der Waals surface area contributed by atoms with Crippen LogP contribution in [0.25, 0.3) is 0 Å². The Morgan fingerprint density at radius 1 is 1.26 bits per heavy atom. The highest BCUT2D eigenvalue weighted by Crippen LogP contribution is 2.62. The van der Waals surface area contributed by atoms with E-state index in [1.54, 1.807) is 12.0 Å². The second-order valence-electron chi connectivity index (χ2n) is 11.4. The summed E-state index contributed by atoms with van der Waals surface area (Å²) in [5.41, 5.74) is 0.427. The number of carboxylic acid groups (broad SMARTS) is 1. The molecule has 0 radical (unpaired) electrons. The normalized spacial score (nSPS) is 41.2. The topological polar surface area (TPSA) is 78.1 Å². The monoisotopic (exact) mass is 478 g/mol. The van der Waals surface area contributed by atoms with Crippen LogP contribution in [-0.4, -0.2) is 89.8 Å². The minimum atomic E-state index is -0.790. The smallest absolute Gasteiger partial charge is 0.407 e. The molecular weight excluding hydrogens is 432 g/mol.